The fraction of sp³-hybridized carbons (Fsp3) is 0.538. The van der Waals surface area contributed by atoms with Crippen molar-refractivity contribution in [3.63, 3.8) is 0 Å². The van der Waals surface area contributed by atoms with Gasteiger partial charge in [-0.15, -0.1) is 0 Å². The van der Waals surface area contributed by atoms with Gasteiger partial charge in [0.2, 0.25) is 11.8 Å². The molecule has 1 aliphatic rings. The van der Waals surface area contributed by atoms with Crippen LogP contribution >= 0.6 is 0 Å². The van der Waals surface area contributed by atoms with Gasteiger partial charge in [-0.2, -0.15) is 0 Å². The molecule has 98 valence electrons. The van der Waals surface area contributed by atoms with Crippen LogP contribution in [-0.2, 0) is 11.3 Å². The molecule has 1 heterocycles. The molecule has 2 rings (SSSR count). The third-order valence-corrected chi connectivity index (χ3v) is 3.38. The number of methoxy groups -OCH3 is 1. The van der Waals surface area contributed by atoms with Crippen LogP contribution in [0.15, 0.2) is 18.3 Å². The highest BCUT2D eigenvalue weighted by Gasteiger charge is 2.29. The van der Waals surface area contributed by atoms with Crippen LogP contribution in [0.3, 0.4) is 0 Å². The Balaban J connectivity index is 1.85. The molecule has 2 atom stereocenters. The van der Waals surface area contributed by atoms with Gasteiger partial charge in [0.25, 0.3) is 0 Å². The molecule has 0 aliphatic heterocycles. The summed E-state index contributed by atoms with van der Waals surface area (Å²) < 4.78 is 4.98. The Hall–Kier alpha value is -1.62. The smallest absolute Gasteiger partial charge is 0.224 e. The molecular formula is C13H19N3O2. The van der Waals surface area contributed by atoms with Crippen molar-refractivity contribution in [2.45, 2.75) is 31.8 Å². The summed E-state index contributed by atoms with van der Waals surface area (Å²) in [6.45, 7) is 0.485. The van der Waals surface area contributed by atoms with E-state index in [0.717, 1.165) is 24.8 Å². The molecule has 0 bridgehead atoms. The van der Waals surface area contributed by atoms with Crippen molar-refractivity contribution in [3.8, 4) is 5.88 Å². The lowest BCUT2D eigenvalue weighted by Gasteiger charge is -2.15. The van der Waals surface area contributed by atoms with Gasteiger partial charge in [-0.25, -0.2) is 4.98 Å². The van der Waals surface area contributed by atoms with E-state index in [4.69, 9.17) is 10.5 Å². The zero-order chi connectivity index (χ0) is 13.0. The lowest BCUT2D eigenvalue weighted by Crippen LogP contribution is -2.38. The quantitative estimate of drug-likeness (QED) is 0.828. The van der Waals surface area contributed by atoms with E-state index in [1.165, 1.54) is 0 Å². The highest BCUT2D eigenvalue weighted by Crippen LogP contribution is 2.24. The summed E-state index contributed by atoms with van der Waals surface area (Å²) in [5.74, 6) is 0.593. The van der Waals surface area contributed by atoms with Crippen molar-refractivity contribution >= 4 is 5.91 Å². The van der Waals surface area contributed by atoms with E-state index < -0.39 is 0 Å². The minimum Gasteiger partial charge on any atom is -0.481 e. The van der Waals surface area contributed by atoms with E-state index in [1.807, 2.05) is 6.07 Å². The average Bonchev–Trinajstić information content (AvgIpc) is 2.83. The number of nitrogens with zero attached hydrogens (tertiary/aromatic N) is 1. The normalized spacial score (nSPS) is 22.8. The second-order valence-corrected chi connectivity index (χ2v) is 4.63. The Morgan fingerprint density at radius 3 is 2.94 bits per heavy atom. The Kier molecular flexibility index (Phi) is 4.15. The van der Waals surface area contributed by atoms with E-state index in [-0.39, 0.29) is 17.9 Å². The predicted molar refractivity (Wildman–Crippen MR) is 68.0 cm³/mol. The standard InChI is InChI=1S/C13H19N3O2/c1-18-12-6-5-9(7-15-12)8-16-13(17)10-3-2-4-11(10)14/h5-7,10-11H,2-4,8,14H2,1H3,(H,16,17). The summed E-state index contributed by atoms with van der Waals surface area (Å²) in [6, 6.07) is 3.68. The number of carbonyl (C=O) groups excluding carboxylic acids is 1. The van der Waals surface area contributed by atoms with Gasteiger partial charge in [0, 0.05) is 24.8 Å². The van der Waals surface area contributed by atoms with Crippen LogP contribution in [0.1, 0.15) is 24.8 Å². The summed E-state index contributed by atoms with van der Waals surface area (Å²) in [6.07, 6.45) is 4.59. The van der Waals surface area contributed by atoms with E-state index >= 15 is 0 Å². The van der Waals surface area contributed by atoms with Crippen LogP contribution in [0, 0.1) is 5.92 Å². The lowest BCUT2D eigenvalue weighted by molar-refractivity contribution is -0.125. The Morgan fingerprint density at radius 1 is 1.56 bits per heavy atom. The monoisotopic (exact) mass is 249 g/mol. The molecule has 1 aliphatic carbocycles. The number of ether oxygens (including phenoxy) is 1. The number of pyridine rings is 1. The molecule has 18 heavy (non-hydrogen) atoms. The van der Waals surface area contributed by atoms with Crippen LogP contribution in [0.4, 0.5) is 0 Å². The number of hydrogen-bond acceptors (Lipinski definition) is 4. The third kappa shape index (κ3) is 2.98. The second-order valence-electron chi connectivity index (χ2n) is 4.63. The zero-order valence-electron chi connectivity index (χ0n) is 10.6. The fourth-order valence-corrected chi connectivity index (χ4v) is 2.27. The number of nitrogens with two attached hydrogens (primary N) is 1. The topological polar surface area (TPSA) is 77.2 Å². The SMILES string of the molecule is COc1ccc(CNC(=O)C2CCCC2N)cn1. The first kappa shape index (κ1) is 12.8. The molecule has 2 unspecified atom stereocenters. The summed E-state index contributed by atoms with van der Waals surface area (Å²) in [4.78, 5) is 16.0. The Bertz CT molecular complexity index is 405. The molecule has 3 N–H and O–H groups in total. The average molecular weight is 249 g/mol. The van der Waals surface area contributed by atoms with Crippen molar-refractivity contribution in [2.24, 2.45) is 11.7 Å². The molecule has 5 nitrogen and oxygen atoms in total. The zero-order valence-corrected chi connectivity index (χ0v) is 10.6. The van der Waals surface area contributed by atoms with Crippen molar-refractivity contribution < 1.29 is 9.53 Å². The maximum Gasteiger partial charge on any atom is 0.224 e. The molecule has 0 radical (unpaired) electrons. The largest absolute Gasteiger partial charge is 0.481 e. The molecule has 1 aromatic rings. The van der Waals surface area contributed by atoms with E-state index in [9.17, 15) is 4.79 Å². The molecule has 5 heteroatoms. The minimum absolute atomic E-state index is 0.0130. The van der Waals surface area contributed by atoms with Gasteiger partial charge in [0.15, 0.2) is 0 Å². The summed E-state index contributed by atoms with van der Waals surface area (Å²) in [7, 11) is 1.57. The van der Waals surface area contributed by atoms with Crippen LogP contribution in [-0.4, -0.2) is 24.0 Å². The van der Waals surface area contributed by atoms with Gasteiger partial charge < -0.3 is 15.8 Å². The maximum atomic E-state index is 11.9. The van der Waals surface area contributed by atoms with Crippen LogP contribution in [0.5, 0.6) is 5.88 Å². The number of hydrogen-bond donors (Lipinski definition) is 2. The molecule has 0 aromatic carbocycles. The number of nitrogens with one attached hydrogen (secondary N) is 1. The highest BCUT2D eigenvalue weighted by atomic mass is 16.5. The molecule has 1 fully saturated rings. The van der Waals surface area contributed by atoms with Crippen LogP contribution in [0.2, 0.25) is 0 Å². The number of rotatable bonds is 4. The van der Waals surface area contributed by atoms with Gasteiger partial charge in [-0.05, 0) is 18.4 Å². The number of carbonyl (C=O) groups is 1. The van der Waals surface area contributed by atoms with Gasteiger partial charge in [0.1, 0.15) is 0 Å². The molecule has 0 saturated heterocycles. The van der Waals surface area contributed by atoms with Crippen molar-refractivity contribution in [3.05, 3.63) is 23.9 Å². The Labute approximate surface area is 107 Å². The van der Waals surface area contributed by atoms with Crippen LogP contribution < -0.4 is 15.8 Å². The molecule has 0 spiro atoms. The first-order valence-corrected chi connectivity index (χ1v) is 6.23. The molecule has 1 saturated carbocycles. The lowest BCUT2D eigenvalue weighted by atomic mass is 10.0. The molecular weight excluding hydrogens is 230 g/mol. The van der Waals surface area contributed by atoms with E-state index in [1.54, 1.807) is 19.4 Å². The van der Waals surface area contributed by atoms with Crippen molar-refractivity contribution in [1.29, 1.82) is 0 Å². The summed E-state index contributed by atoms with van der Waals surface area (Å²) in [5, 5.41) is 2.91. The van der Waals surface area contributed by atoms with Gasteiger partial charge in [-0.1, -0.05) is 12.5 Å². The van der Waals surface area contributed by atoms with E-state index in [0.29, 0.717) is 12.4 Å². The maximum absolute atomic E-state index is 11.9. The number of aromatic nitrogens is 1. The first-order valence-electron chi connectivity index (χ1n) is 6.23. The van der Waals surface area contributed by atoms with Crippen LogP contribution in [0.25, 0.3) is 0 Å². The predicted octanol–water partition coefficient (Wildman–Crippen LogP) is 0.834. The third-order valence-electron chi connectivity index (χ3n) is 3.38. The van der Waals surface area contributed by atoms with Crippen molar-refractivity contribution in [2.75, 3.05) is 7.11 Å². The highest BCUT2D eigenvalue weighted by molar-refractivity contribution is 5.79. The summed E-state index contributed by atoms with van der Waals surface area (Å²) in [5.41, 5.74) is 6.85. The first-order chi connectivity index (χ1) is 8.70. The molecule has 1 amide bonds. The second kappa shape index (κ2) is 5.82. The number of amides is 1. The van der Waals surface area contributed by atoms with E-state index in [2.05, 4.69) is 10.3 Å². The van der Waals surface area contributed by atoms with Gasteiger partial charge >= 0.3 is 0 Å². The van der Waals surface area contributed by atoms with Crippen molar-refractivity contribution in [1.82, 2.24) is 10.3 Å². The van der Waals surface area contributed by atoms with Gasteiger partial charge in [-0.3, -0.25) is 4.79 Å². The van der Waals surface area contributed by atoms with Gasteiger partial charge in [0.05, 0.1) is 13.0 Å². The Morgan fingerprint density at radius 2 is 2.39 bits per heavy atom. The minimum atomic E-state index is -0.0313. The summed E-state index contributed by atoms with van der Waals surface area (Å²) >= 11 is 0. The fourth-order valence-electron chi connectivity index (χ4n) is 2.27. The molecule has 1 aromatic heterocycles.